The number of fused-ring (bicyclic) bond motifs is 1. The largest absolute Gasteiger partial charge is 0.299 e. The van der Waals surface area contributed by atoms with Gasteiger partial charge in [-0.25, -0.2) is 13.4 Å². The minimum atomic E-state index is -3.63. The normalized spacial score (nSPS) is 16.5. The summed E-state index contributed by atoms with van der Waals surface area (Å²) in [6.07, 6.45) is 2.52. The van der Waals surface area contributed by atoms with Gasteiger partial charge in [-0.1, -0.05) is 42.0 Å². The summed E-state index contributed by atoms with van der Waals surface area (Å²) in [5, 5.41) is 0.402. The first-order valence-electron chi connectivity index (χ1n) is 9.60. The predicted molar refractivity (Wildman–Crippen MR) is 115 cm³/mol. The molecule has 0 unspecified atom stereocenters. The molecule has 1 saturated heterocycles. The van der Waals surface area contributed by atoms with Crippen LogP contribution >= 0.6 is 11.3 Å². The fourth-order valence-corrected chi connectivity index (χ4v) is 5.65. The minimum absolute atomic E-state index is 0.248. The molecule has 0 radical (unpaired) electrons. The number of hydrogen-bond acceptors (Lipinski definition) is 5. The van der Waals surface area contributed by atoms with Crippen LogP contribution in [0.5, 0.6) is 0 Å². The van der Waals surface area contributed by atoms with Crippen LogP contribution in [0.15, 0.2) is 47.4 Å². The highest BCUT2D eigenvalue weighted by atomic mass is 32.2. The lowest BCUT2D eigenvalue weighted by Crippen LogP contribution is -2.32. The van der Waals surface area contributed by atoms with Gasteiger partial charge in [-0.2, -0.15) is 0 Å². The maximum Gasteiger partial charge on any atom is 0.263 e. The SMILES string of the molecule is Cc1ccc(S(=O)(=O)Nc2nc3ccc(CN4CCC(C)CC4)cc3s2)cc1. The molecule has 0 saturated carbocycles. The smallest absolute Gasteiger partial charge is 0.263 e. The van der Waals surface area contributed by atoms with Crippen LogP contribution in [0.3, 0.4) is 0 Å². The van der Waals surface area contributed by atoms with Crippen molar-refractivity contribution in [2.45, 2.75) is 38.1 Å². The van der Waals surface area contributed by atoms with Gasteiger partial charge in [0.25, 0.3) is 10.0 Å². The Morgan fingerprint density at radius 2 is 1.86 bits per heavy atom. The number of nitrogens with zero attached hydrogens (tertiary/aromatic N) is 2. The molecule has 1 aliphatic heterocycles. The van der Waals surface area contributed by atoms with Crippen molar-refractivity contribution in [2.24, 2.45) is 5.92 Å². The van der Waals surface area contributed by atoms with E-state index < -0.39 is 10.0 Å². The number of rotatable bonds is 5. The highest BCUT2D eigenvalue weighted by Gasteiger charge is 2.18. The zero-order valence-electron chi connectivity index (χ0n) is 16.2. The van der Waals surface area contributed by atoms with E-state index in [0.717, 1.165) is 41.3 Å². The Balaban J connectivity index is 1.50. The summed E-state index contributed by atoms with van der Waals surface area (Å²) < 4.78 is 28.8. The maximum atomic E-state index is 12.6. The van der Waals surface area contributed by atoms with Crippen molar-refractivity contribution in [1.82, 2.24) is 9.88 Å². The van der Waals surface area contributed by atoms with Crippen LogP contribution in [0.25, 0.3) is 10.2 Å². The average molecular weight is 416 g/mol. The molecule has 1 N–H and O–H groups in total. The third-order valence-electron chi connectivity index (χ3n) is 5.29. The zero-order valence-corrected chi connectivity index (χ0v) is 17.8. The van der Waals surface area contributed by atoms with E-state index in [0.29, 0.717) is 5.13 Å². The number of sulfonamides is 1. The molecule has 148 valence electrons. The molecule has 0 bridgehead atoms. The van der Waals surface area contributed by atoms with Gasteiger partial charge in [0, 0.05) is 6.54 Å². The van der Waals surface area contributed by atoms with Gasteiger partial charge >= 0.3 is 0 Å². The summed E-state index contributed by atoms with van der Waals surface area (Å²) in [6.45, 7) is 7.47. The van der Waals surface area contributed by atoms with E-state index in [1.54, 1.807) is 24.3 Å². The quantitative estimate of drug-likeness (QED) is 0.659. The van der Waals surface area contributed by atoms with Crippen LogP contribution < -0.4 is 4.72 Å². The van der Waals surface area contributed by atoms with Crippen LogP contribution in [0.2, 0.25) is 0 Å². The molecule has 0 atom stereocenters. The summed E-state index contributed by atoms with van der Waals surface area (Å²) in [5.74, 6) is 0.823. The molecule has 1 fully saturated rings. The molecule has 4 rings (SSSR count). The van der Waals surface area contributed by atoms with Crippen molar-refractivity contribution in [2.75, 3.05) is 17.8 Å². The van der Waals surface area contributed by atoms with Crippen molar-refractivity contribution in [3.63, 3.8) is 0 Å². The number of benzene rings is 2. The predicted octanol–water partition coefficient (Wildman–Crippen LogP) is 4.64. The minimum Gasteiger partial charge on any atom is -0.299 e. The lowest BCUT2D eigenvalue weighted by molar-refractivity contribution is 0.185. The van der Waals surface area contributed by atoms with E-state index in [9.17, 15) is 8.42 Å². The van der Waals surface area contributed by atoms with Crippen LogP contribution in [0, 0.1) is 12.8 Å². The fraction of sp³-hybridized carbons (Fsp3) is 0.381. The lowest BCUT2D eigenvalue weighted by atomic mass is 9.99. The molecule has 0 amide bonds. The second-order valence-electron chi connectivity index (χ2n) is 7.70. The van der Waals surface area contributed by atoms with Crippen molar-refractivity contribution >= 4 is 36.7 Å². The molecule has 3 aromatic rings. The monoisotopic (exact) mass is 415 g/mol. The topological polar surface area (TPSA) is 62.3 Å². The second kappa shape index (κ2) is 7.81. The van der Waals surface area contributed by atoms with Gasteiger partial charge in [-0.05, 0) is 68.6 Å². The molecule has 0 aliphatic carbocycles. The number of nitrogens with one attached hydrogen (secondary N) is 1. The first-order valence-corrected chi connectivity index (χ1v) is 11.9. The third-order valence-corrected chi connectivity index (χ3v) is 7.71. The highest BCUT2D eigenvalue weighted by Crippen LogP contribution is 2.29. The number of likely N-dealkylation sites (tertiary alicyclic amines) is 1. The van der Waals surface area contributed by atoms with Crippen molar-refractivity contribution in [1.29, 1.82) is 0 Å². The second-order valence-corrected chi connectivity index (χ2v) is 10.4. The summed E-state index contributed by atoms with van der Waals surface area (Å²) in [7, 11) is -3.63. The molecule has 7 heteroatoms. The van der Waals surface area contributed by atoms with E-state index >= 15 is 0 Å². The van der Waals surface area contributed by atoms with E-state index in [4.69, 9.17) is 0 Å². The van der Waals surface area contributed by atoms with Gasteiger partial charge in [0.2, 0.25) is 0 Å². The average Bonchev–Trinajstić information content (AvgIpc) is 3.04. The molecule has 28 heavy (non-hydrogen) atoms. The Kier molecular flexibility index (Phi) is 5.40. The van der Waals surface area contributed by atoms with E-state index in [1.807, 2.05) is 13.0 Å². The third kappa shape index (κ3) is 4.37. The molecule has 2 aromatic carbocycles. The first-order chi connectivity index (χ1) is 13.4. The van der Waals surface area contributed by atoms with Crippen molar-refractivity contribution < 1.29 is 8.42 Å². The van der Waals surface area contributed by atoms with Crippen molar-refractivity contribution in [3.8, 4) is 0 Å². The van der Waals surface area contributed by atoms with Crippen LogP contribution in [0.1, 0.15) is 30.9 Å². The molecule has 2 heterocycles. The Labute approximate surface area is 170 Å². The Bertz CT molecular complexity index is 1070. The zero-order chi connectivity index (χ0) is 19.7. The van der Waals surface area contributed by atoms with Gasteiger partial charge in [0.05, 0.1) is 15.1 Å². The Hall–Kier alpha value is -1.96. The number of aryl methyl sites for hydroxylation is 1. The van der Waals surface area contributed by atoms with E-state index in [1.165, 1.54) is 29.7 Å². The highest BCUT2D eigenvalue weighted by molar-refractivity contribution is 7.93. The number of anilines is 1. The number of thiazole rings is 1. The van der Waals surface area contributed by atoms with Gasteiger partial charge < -0.3 is 0 Å². The lowest BCUT2D eigenvalue weighted by Gasteiger charge is -2.30. The number of aromatic nitrogens is 1. The standard InChI is InChI=1S/C21H25N3O2S2/c1-15-3-6-18(7-4-15)28(25,26)23-21-22-19-8-5-17(13-20(19)27-21)14-24-11-9-16(2)10-12-24/h3-8,13,16H,9-12,14H2,1-2H3,(H,22,23). The summed E-state index contributed by atoms with van der Waals surface area (Å²) in [5.41, 5.74) is 3.09. The molecule has 1 aromatic heterocycles. The molecule has 1 aliphatic rings. The summed E-state index contributed by atoms with van der Waals surface area (Å²) in [6, 6.07) is 13.0. The summed E-state index contributed by atoms with van der Waals surface area (Å²) >= 11 is 1.38. The van der Waals surface area contributed by atoms with Crippen LogP contribution in [-0.4, -0.2) is 31.4 Å². The van der Waals surface area contributed by atoms with Gasteiger partial charge in [-0.15, -0.1) is 0 Å². The Morgan fingerprint density at radius 3 is 2.57 bits per heavy atom. The van der Waals surface area contributed by atoms with Crippen molar-refractivity contribution in [3.05, 3.63) is 53.6 Å². The van der Waals surface area contributed by atoms with Gasteiger partial charge in [0.15, 0.2) is 5.13 Å². The van der Waals surface area contributed by atoms with Gasteiger partial charge in [0.1, 0.15) is 0 Å². The molecular weight excluding hydrogens is 390 g/mol. The Morgan fingerprint density at radius 1 is 1.14 bits per heavy atom. The van der Waals surface area contributed by atoms with Gasteiger partial charge in [-0.3, -0.25) is 9.62 Å². The van der Waals surface area contributed by atoms with E-state index in [-0.39, 0.29) is 4.90 Å². The van der Waals surface area contributed by atoms with Crippen LogP contribution in [0.4, 0.5) is 5.13 Å². The number of hydrogen-bond donors (Lipinski definition) is 1. The van der Waals surface area contributed by atoms with Crippen LogP contribution in [-0.2, 0) is 16.6 Å². The summed E-state index contributed by atoms with van der Waals surface area (Å²) in [4.78, 5) is 7.19. The molecule has 5 nitrogen and oxygen atoms in total. The molecule has 0 spiro atoms. The number of piperidine rings is 1. The molecular formula is C21H25N3O2S2. The fourth-order valence-electron chi connectivity index (χ4n) is 3.48. The first kappa shape index (κ1) is 19.4. The maximum absolute atomic E-state index is 12.6. The van der Waals surface area contributed by atoms with E-state index in [2.05, 4.69) is 33.7 Å².